The van der Waals surface area contributed by atoms with Crippen LogP contribution in [0, 0.1) is 28.5 Å². The van der Waals surface area contributed by atoms with Crippen LogP contribution in [0.5, 0.6) is 0 Å². The first-order chi connectivity index (χ1) is 15.9. The molecule has 1 fully saturated rings. The van der Waals surface area contributed by atoms with Gasteiger partial charge < -0.3 is 15.8 Å². The van der Waals surface area contributed by atoms with Gasteiger partial charge in [0.2, 0.25) is 5.82 Å². The first-order valence-corrected chi connectivity index (χ1v) is 10.3. The summed E-state index contributed by atoms with van der Waals surface area (Å²) < 4.78 is 61.5. The van der Waals surface area contributed by atoms with Crippen LogP contribution in [0.15, 0.2) is 35.6 Å². The van der Waals surface area contributed by atoms with Crippen molar-refractivity contribution in [1.29, 1.82) is 5.26 Å². The number of alkyl halides is 3. The Bertz CT molecular complexity index is 1220. The van der Waals surface area contributed by atoms with E-state index in [-0.39, 0.29) is 34.4 Å². The van der Waals surface area contributed by atoms with E-state index in [1.165, 1.54) is 31.5 Å². The standard InChI is InChI=1S/C21H17ClF4N6O2/c1-19(8-27)5-13-15(21(24,25)26)34-9-20(13,32-18(19)28)12-4-11(2-3-14(12)23)31-17(33)16-29-6-10(22)7-30-16/h2-4,6-7,13,15H,5,9H2,1H3,(H2,28,32)(H,31,33)/t13-,15+,19-,20-/m1/s1. The molecule has 0 unspecified atom stereocenters. The van der Waals surface area contributed by atoms with E-state index in [1.54, 1.807) is 0 Å². The van der Waals surface area contributed by atoms with Crippen LogP contribution in [0.1, 0.15) is 29.5 Å². The van der Waals surface area contributed by atoms with E-state index in [4.69, 9.17) is 22.1 Å². The summed E-state index contributed by atoms with van der Waals surface area (Å²) in [6.45, 7) is 0.763. The molecule has 1 aromatic heterocycles. The Morgan fingerprint density at radius 3 is 2.65 bits per heavy atom. The molecule has 2 aromatic rings. The van der Waals surface area contributed by atoms with Gasteiger partial charge in [0.25, 0.3) is 5.91 Å². The summed E-state index contributed by atoms with van der Waals surface area (Å²) in [6.07, 6.45) is -4.99. The number of hydrogen-bond acceptors (Lipinski definition) is 7. The molecule has 1 saturated heterocycles. The van der Waals surface area contributed by atoms with E-state index < -0.39 is 47.5 Å². The van der Waals surface area contributed by atoms with Crippen molar-refractivity contribution in [3.05, 3.63) is 52.8 Å². The molecule has 0 radical (unpaired) electrons. The van der Waals surface area contributed by atoms with Crippen molar-refractivity contribution >= 4 is 29.0 Å². The molecule has 0 bridgehead atoms. The summed E-state index contributed by atoms with van der Waals surface area (Å²) in [5.41, 5.74) is 2.47. The second-order valence-electron chi connectivity index (χ2n) is 8.32. The maximum Gasteiger partial charge on any atom is 0.415 e. The zero-order valence-electron chi connectivity index (χ0n) is 17.5. The van der Waals surface area contributed by atoms with Crippen molar-refractivity contribution < 1.29 is 27.1 Å². The monoisotopic (exact) mass is 496 g/mol. The predicted molar refractivity (Wildman–Crippen MR) is 112 cm³/mol. The van der Waals surface area contributed by atoms with Crippen LogP contribution in [0.3, 0.4) is 0 Å². The summed E-state index contributed by atoms with van der Waals surface area (Å²) in [5.74, 6) is -3.49. The van der Waals surface area contributed by atoms with Crippen LogP contribution >= 0.6 is 11.6 Å². The van der Waals surface area contributed by atoms with Gasteiger partial charge in [-0.2, -0.15) is 18.4 Å². The predicted octanol–water partition coefficient (Wildman–Crippen LogP) is 3.58. The van der Waals surface area contributed by atoms with Crippen LogP contribution in [-0.4, -0.2) is 40.6 Å². The number of nitrogens with two attached hydrogens (primary N) is 1. The van der Waals surface area contributed by atoms with Crippen molar-refractivity contribution in [2.45, 2.75) is 31.2 Å². The van der Waals surface area contributed by atoms with E-state index in [0.29, 0.717) is 0 Å². The number of hydrogen-bond donors (Lipinski definition) is 2. The number of amidine groups is 1. The number of ether oxygens (including phenoxy) is 1. The molecule has 4 atom stereocenters. The third-order valence-electron chi connectivity index (χ3n) is 6.06. The van der Waals surface area contributed by atoms with Gasteiger partial charge in [0.05, 0.1) is 17.7 Å². The molecule has 8 nitrogen and oxygen atoms in total. The van der Waals surface area contributed by atoms with Gasteiger partial charge in [-0.3, -0.25) is 9.79 Å². The second kappa shape index (κ2) is 8.18. The molecule has 3 heterocycles. The first kappa shape index (κ1) is 23.8. The van der Waals surface area contributed by atoms with Crippen molar-refractivity contribution in [2.24, 2.45) is 22.1 Å². The summed E-state index contributed by atoms with van der Waals surface area (Å²) in [4.78, 5) is 24.3. The Morgan fingerprint density at radius 1 is 1.35 bits per heavy atom. The number of carbonyl (C=O) groups excluding carboxylic acids is 1. The maximum absolute atomic E-state index is 15.1. The van der Waals surface area contributed by atoms with E-state index in [0.717, 1.165) is 6.07 Å². The molecule has 34 heavy (non-hydrogen) atoms. The summed E-state index contributed by atoms with van der Waals surface area (Å²) in [7, 11) is 0. The van der Waals surface area contributed by atoms with Crippen molar-refractivity contribution in [2.75, 3.05) is 11.9 Å². The van der Waals surface area contributed by atoms with E-state index in [1.807, 2.05) is 6.07 Å². The summed E-state index contributed by atoms with van der Waals surface area (Å²) in [5, 5.41) is 12.2. The highest BCUT2D eigenvalue weighted by Crippen LogP contribution is 2.55. The van der Waals surface area contributed by atoms with Gasteiger partial charge in [0.15, 0.2) is 6.10 Å². The number of nitrogens with zero attached hydrogens (tertiary/aromatic N) is 4. The number of nitriles is 1. The van der Waals surface area contributed by atoms with Gasteiger partial charge in [-0.25, -0.2) is 14.4 Å². The van der Waals surface area contributed by atoms with Gasteiger partial charge in [-0.15, -0.1) is 0 Å². The average molecular weight is 497 g/mol. The number of anilines is 1. The van der Waals surface area contributed by atoms with Gasteiger partial charge in [0.1, 0.15) is 22.6 Å². The minimum atomic E-state index is -4.78. The van der Waals surface area contributed by atoms with E-state index in [9.17, 15) is 23.2 Å². The first-order valence-electron chi connectivity index (χ1n) is 9.94. The fourth-order valence-corrected chi connectivity index (χ4v) is 4.38. The van der Waals surface area contributed by atoms with Gasteiger partial charge in [0, 0.05) is 29.6 Å². The largest absolute Gasteiger partial charge is 0.415 e. The number of rotatable bonds is 3. The fourth-order valence-electron chi connectivity index (χ4n) is 4.28. The van der Waals surface area contributed by atoms with E-state index in [2.05, 4.69) is 20.3 Å². The SMILES string of the molecule is C[C@]1(C#N)C[C@@H]2[C@@H](C(F)(F)F)OC[C@]2(c2cc(NC(=O)c3ncc(Cl)cn3)ccc2F)N=C1N. The van der Waals surface area contributed by atoms with Crippen LogP contribution in [0.4, 0.5) is 23.2 Å². The molecule has 2 aliphatic heterocycles. The number of aliphatic imine (C=N–C) groups is 1. The molecule has 1 aromatic carbocycles. The number of benzene rings is 1. The lowest BCUT2D eigenvalue weighted by Crippen LogP contribution is -2.51. The number of nitrogens with one attached hydrogen (secondary N) is 1. The number of fused-ring (bicyclic) bond motifs is 1. The minimum Gasteiger partial charge on any atom is -0.386 e. The minimum absolute atomic E-state index is 0.0610. The molecule has 2 aliphatic rings. The lowest BCUT2D eigenvalue weighted by Gasteiger charge is -2.42. The Labute approximate surface area is 195 Å². The Kier molecular flexibility index (Phi) is 5.73. The van der Waals surface area contributed by atoms with Gasteiger partial charge in [-0.1, -0.05) is 11.6 Å². The molecule has 178 valence electrons. The molecule has 0 saturated carbocycles. The highest BCUT2D eigenvalue weighted by molar-refractivity contribution is 6.30. The van der Waals surface area contributed by atoms with Crippen LogP contribution in [-0.2, 0) is 10.3 Å². The molecule has 1 amide bonds. The lowest BCUT2D eigenvalue weighted by atomic mass is 9.66. The zero-order chi connectivity index (χ0) is 24.9. The molecule has 0 aliphatic carbocycles. The van der Waals surface area contributed by atoms with Crippen molar-refractivity contribution in [3.63, 3.8) is 0 Å². The van der Waals surface area contributed by atoms with Crippen molar-refractivity contribution in [3.8, 4) is 6.07 Å². The molecule has 13 heteroatoms. The Hall–Kier alpha value is -3.30. The highest BCUT2D eigenvalue weighted by Gasteiger charge is 2.64. The Morgan fingerprint density at radius 2 is 2.03 bits per heavy atom. The smallest absolute Gasteiger partial charge is 0.386 e. The fraction of sp³-hybridized carbons (Fsp3) is 0.381. The number of carbonyl (C=O) groups is 1. The topological polar surface area (TPSA) is 126 Å². The third-order valence-corrected chi connectivity index (χ3v) is 6.25. The van der Waals surface area contributed by atoms with Crippen LogP contribution in [0.25, 0.3) is 0 Å². The molecule has 4 rings (SSSR count). The van der Waals surface area contributed by atoms with Crippen LogP contribution in [0.2, 0.25) is 5.02 Å². The molecule has 0 spiro atoms. The second-order valence-corrected chi connectivity index (χ2v) is 8.76. The van der Waals surface area contributed by atoms with Gasteiger partial charge >= 0.3 is 6.18 Å². The van der Waals surface area contributed by atoms with Crippen LogP contribution < -0.4 is 11.1 Å². The lowest BCUT2D eigenvalue weighted by molar-refractivity contribution is -0.218. The van der Waals surface area contributed by atoms with Crippen molar-refractivity contribution in [1.82, 2.24) is 9.97 Å². The Balaban J connectivity index is 1.78. The maximum atomic E-state index is 15.1. The molecule has 3 N–H and O–H groups in total. The van der Waals surface area contributed by atoms with Gasteiger partial charge in [-0.05, 0) is 31.5 Å². The number of halogens is 5. The average Bonchev–Trinajstić information content (AvgIpc) is 3.14. The normalized spacial score (nSPS) is 28.6. The quantitative estimate of drug-likeness (QED) is 0.625. The zero-order valence-corrected chi connectivity index (χ0v) is 18.3. The van der Waals surface area contributed by atoms with E-state index >= 15 is 4.39 Å². The third kappa shape index (κ3) is 3.95. The molecular formula is C21H17ClF4N6O2. The summed E-state index contributed by atoms with van der Waals surface area (Å²) in [6, 6.07) is 5.29. The number of aromatic nitrogens is 2. The summed E-state index contributed by atoms with van der Waals surface area (Å²) >= 11 is 5.70. The highest BCUT2D eigenvalue weighted by atomic mass is 35.5. The molecular weight excluding hydrogens is 480 g/mol. The number of amides is 1.